The summed E-state index contributed by atoms with van der Waals surface area (Å²) < 4.78 is 0. The Morgan fingerprint density at radius 3 is 2.50 bits per heavy atom. The molecule has 0 heterocycles. The maximum absolute atomic E-state index is 12.4. The first-order valence-corrected chi connectivity index (χ1v) is 6.41. The van der Waals surface area contributed by atoms with Gasteiger partial charge in [-0.3, -0.25) is 4.79 Å². The fourth-order valence-corrected chi connectivity index (χ4v) is 2.07. The average Bonchev–Trinajstić information content (AvgIpc) is 3.09. The minimum absolute atomic E-state index is 0.0217. The highest BCUT2D eigenvalue weighted by atomic mass is 16.4. The fraction of sp³-hybridized carbons (Fsp3) is 0.692. The second kappa shape index (κ2) is 6.42. The number of carbonyl (C=O) groups is 2. The van der Waals surface area contributed by atoms with Crippen LogP contribution in [-0.2, 0) is 4.79 Å². The molecular weight excluding hydrogens is 232 g/mol. The molecule has 5 heteroatoms. The zero-order valence-corrected chi connectivity index (χ0v) is 11.1. The molecule has 2 amide bonds. The van der Waals surface area contributed by atoms with Gasteiger partial charge >= 0.3 is 12.0 Å². The molecule has 0 aromatic carbocycles. The predicted molar refractivity (Wildman–Crippen MR) is 69.4 cm³/mol. The van der Waals surface area contributed by atoms with Gasteiger partial charge in [-0.1, -0.05) is 6.08 Å². The molecule has 102 valence electrons. The third-order valence-corrected chi connectivity index (χ3v) is 3.15. The van der Waals surface area contributed by atoms with Crippen LogP contribution in [0.1, 0.15) is 33.1 Å². The third-order valence-electron chi connectivity index (χ3n) is 3.15. The second-order valence-electron chi connectivity index (χ2n) is 4.69. The van der Waals surface area contributed by atoms with E-state index in [1.54, 1.807) is 22.8 Å². The number of carboxylic acids is 1. The van der Waals surface area contributed by atoms with Crippen molar-refractivity contribution in [3.8, 4) is 0 Å². The van der Waals surface area contributed by atoms with Gasteiger partial charge in [-0.25, -0.2) is 4.79 Å². The molecule has 0 aromatic rings. The monoisotopic (exact) mass is 254 g/mol. The molecule has 0 saturated heterocycles. The van der Waals surface area contributed by atoms with Crippen LogP contribution in [0.5, 0.6) is 0 Å². The lowest BCUT2D eigenvalue weighted by Crippen LogP contribution is -2.48. The molecule has 1 aliphatic rings. The molecule has 1 saturated carbocycles. The number of urea groups is 1. The van der Waals surface area contributed by atoms with Crippen LogP contribution in [0.4, 0.5) is 4.79 Å². The number of nitrogens with zero attached hydrogens (tertiary/aromatic N) is 2. The largest absolute Gasteiger partial charge is 0.481 e. The van der Waals surface area contributed by atoms with Crippen LogP contribution >= 0.6 is 0 Å². The van der Waals surface area contributed by atoms with E-state index in [0.717, 1.165) is 12.8 Å². The summed E-state index contributed by atoms with van der Waals surface area (Å²) in [4.78, 5) is 26.5. The molecule has 1 aliphatic carbocycles. The van der Waals surface area contributed by atoms with Crippen molar-refractivity contribution >= 4 is 12.0 Å². The molecule has 1 rings (SSSR count). The lowest BCUT2D eigenvalue weighted by Gasteiger charge is -2.33. The predicted octanol–water partition coefficient (Wildman–Crippen LogP) is 1.94. The van der Waals surface area contributed by atoms with E-state index in [1.807, 2.05) is 6.92 Å². The Kier molecular flexibility index (Phi) is 5.19. The van der Waals surface area contributed by atoms with E-state index < -0.39 is 5.97 Å². The molecular formula is C13H22N2O3. The van der Waals surface area contributed by atoms with E-state index in [1.165, 1.54) is 0 Å². The summed E-state index contributed by atoms with van der Waals surface area (Å²) in [6.07, 6.45) is 3.76. The van der Waals surface area contributed by atoms with Gasteiger partial charge < -0.3 is 14.9 Å². The van der Waals surface area contributed by atoms with Gasteiger partial charge in [0.1, 0.15) is 0 Å². The van der Waals surface area contributed by atoms with Crippen molar-refractivity contribution < 1.29 is 14.7 Å². The highest BCUT2D eigenvalue weighted by Gasteiger charge is 2.35. The van der Waals surface area contributed by atoms with E-state index in [-0.39, 0.29) is 18.5 Å². The maximum atomic E-state index is 12.4. The van der Waals surface area contributed by atoms with Gasteiger partial charge in [-0.05, 0) is 26.7 Å². The molecule has 0 aliphatic heterocycles. The highest BCUT2D eigenvalue weighted by molar-refractivity contribution is 5.77. The minimum Gasteiger partial charge on any atom is -0.481 e. The Hall–Kier alpha value is -1.52. The number of carboxylic acid groups (broad SMARTS) is 1. The Morgan fingerprint density at radius 2 is 2.11 bits per heavy atom. The van der Waals surface area contributed by atoms with Crippen LogP contribution in [-0.4, -0.2) is 52.1 Å². The lowest BCUT2D eigenvalue weighted by molar-refractivity contribution is -0.138. The molecule has 0 radical (unpaired) electrons. The quantitative estimate of drug-likeness (QED) is 0.706. The van der Waals surface area contributed by atoms with Crippen molar-refractivity contribution in [3.05, 3.63) is 12.7 Å². The van der Waals surface area contributed by atoms with Gasteiger partial charge in [-0.15, -0.1) is 6.58 Å². The second-order valence-corrected chi connectivity index (χ2v) is 4.69. The number of carbonyl (C=O) groups excluding carboxylic acids is 1. The van der Waals surface area contributed by atoms with E-state index in [2.05, 4.69) is 6.58 Å². The van der Waals surface area contributed by atoms with Gasteiger partial charge in [0.25, 0.3) is 0 Å². The summed E-state index contributed by atoms with van der Waals surface area (Å²) in [5, 5.41) is 8.81. The van der Waals surface area contributed by atoms with E-state index in [9.17, 15) is 9.59 Å². The topological polar surface area (TPSA) is 60.9 Å². The van der Waals surface area contributed by atoms with Crippen molar-refractivity contribution in [2.24, 2.45) is 0 Å². The first-order valence-electron chi connectivity index (χ1n) is 6.41. The zero-order valence-electron chi connectivity index (χ0n) is 11.1. The number of rotatable bonds is 7. The van der Waals surface area contributed by atoms with Gasteiger partial charge in [0.05, 0.1) is 6.42 Å². The lowest BCUT2D eigenvalue weighted by atomic mass is 10.2. The average molecular weight is 254 g/mol. The van der Waals surface area contributed by atoms with Crippen molar-refractivity contribution in [2.45, 2.75) is 45.2 Å². The summed E-state index contributed by atoms with van der Waals surface area (Å²) in [5.41, 5.74) is 0. The molecule has 1 atom stereocenters. The van der Waals surface area contributed by atoms with E-state index >= 15 is 0 Å². The molecule has 5 nitrogen and oxygen atoms in total. The van der Waals surface area contributed by atoms with E-state index in [4.69, 9.17) is 5.11 Å². The number of amides is 2. The summed E-state index contributed by atoms with van der Waals surface area (Å²) in [6, 6.07) is -0.0544. The standard InChI is InChI=1S/C13H22N2O3/c1-4-8-15(11-6-7-11)13(18)14(5-2)10(3)9-12(16)17/h4,10-11H,1,5-9H2,2-3H3,(H,16,17). The molecule has 1 unspecified atom stereocenters. The molecule has 1 N–H and O–H groups in total. The van der Waals surface area contributed by atoms with Crippen LogP contribution in [0.25, 0.3) is 0 Å². The highest BCUT2D eigenvalue weighted by Crippen LogP contribution is 2.28. The normalized spacial score (nSPS) is 15.9. The van der Waals surface area contributed by atoms with Crippen molar-refractivity contribution in [1.29, 1.82) is 0 Å². The SMILES string of the molecule is C=CCN(C(=O)N(CC)C(C)CC(=O)O)C1CC1. The maximum Gasteiger partial charge on any atom is 0.320 e. The van der Waals surface area contributed by atoms with Gasteiger partial charge in [-0.2, -0.15) is 0 Å². The number of aliphatic carboxylic acids is 1. The van der Waals surface area contributed by atoms with Crippen molar-refractivity contribution in [2.75, 3.05) is 13.1 Å². The molecule has 0 spiro atoms. The number of hydrogen-bond acceptors (Lipinski definition) is 2. The van der Waals surface area contributed by atoms with Crippen LogP contribution in [0.3, 0.4) is 0 Å². The van der Waals surface area contributed by atoms with Gasteiger partial charge in [0.2, 0.25) is 0 Å². The summed E-state index contributed by atoms with van der Waals surface area (Å²) in [5.74, 6) is -0.879. The number of hydrogen-bond donors (Lipinski definition) is 1. The van der Waals surface area contributed by atoms with Gasteiger partial charge in [0, 0.05) is 25.2 Å². The Labute approximate surface area is 108 Å². The fourth-order valence-electron chi connectivity index (χ4n) is 2.07. The molecule has 1 fully saturated rings. The third kappa shape index (κ3) is 3.75. The zero-order chi connectivity index (χ0) is 13.7. The van der Waals surface area contributed by atoms with Gasteiger partial charge in [0.15, 0.2) is 0 Å². The van der Waals surface area contributed by atoms with Crippen LogP contribution in [0, 0.1) is 0 Å². The molecule has 0 aromatic heterocycles. The Morgan fingerprint density at radius 1 is 1.50 bits per heavy atom. The van der Waals surface area contributed by atoms with Crippen molar-refractivity contribution in [1.82, 2.24) is 9.80 Å². The Bertz CT molecular complexity index is 326. The first-order chi connectivity index (χ1) is 8.51. The molecule has 0 bridgehead atoms. The van der Waals surface area contributed by atoms with Crippen molar-refractivity contribution in [3.63, 3.8) is 0 Å². The van der Waals surface area contributed by atoms with Crippen LogP contribution in [0.2, 0.25) is 0 Å². The summed E-state index contributed by atoms with van der Waals surface area (Å²) in [7, 11) is 0. The minimum atomic E-state index is -0.879. The smallest absolute Gasteiger partial charge is 0.320 e. The summed E-state index contributed by atoms with van der Waals surface area (Å²) in [6.45, 7) is 8.36. The first kappa shape index (κ1) is 14.5. The molecule has 18 heavy (non-hydrogen) atoms. The Balaban J connectivity index is 2.69. The van der Waals surface area contributed by atoms with E-state index in [0.29, 0.717) is 19.1 Å². The van der Waals surface area contributed by atoms with Crippen LogP contribution in [0.15, 0.2) is 12.7 Å². The van der Waals surface area contributed by atoms with Crippen LogP contribution < -0.4 is 0 Å². The summed E-state index contributed by atoms with van der Waals surface area (Å²) >= 11 is 0.